The van der Waals surface area contributed by atoms with Gasteiger partial charge < -0.3 is 19.7 Å². The van der Waals surface area contributed by atoms with Crippen molar-refractivity contribution in [2.24, 2.45) is 0 Å². The van der Waals surface area contributed by atoms with Crippen LogP contribution < -0.4 is 0 Å². The van der Waals surface area contributed by atoms with Crippen molar-refractivity contribution in [3.05, 3.63) is 101 Å². The van der Waals surface area contributed by atoms with Crippen LogP contribution >= 0.6 is 11.8 Å². The molecular formula is C28H25NO7S. The monoisotopic (exact) mass is 519 g/mol. The van der Waals surface area contributed by atoms with Gasteiger partial charge in [-0.2, -0.15) is 0 Å². The van der Waals surface area contributed by atoms with E-state index in [4.69, 9.17) is 9.47 Å². The lowest BCUT2D eigenvalue weighted by Crippen LogP contribution is -2.64. The molecule has 2 aliphatic heterocycles. The summed E-state index contributed by atoms with van der Waals surface area (Å²) < 4.78 is 11.5. The number of fused-ring (bicyclic) bond motifs is 1. The largest absolute Gasteiger partial charge is 0.459 e. The van der Waals surface area contributed by atoms with E-state index in [-0.39, 0.29) is 17.7 Å². The zero-order valence-corrected chi connectivity index (χ0v) is 20.7. The van der Waals surface area contributed by atoms with Crippen LogP contribution in [0.5, 0.6) is 0 Å². The first-order valence-corrected chi connectivity index (χ1v) is 12.7. The van der Waals surface area contributed by atoms with Crippen LogP contribution in [0.2, 0.25) is 0 Å². The van der Waals surface area contributed by atoms with Crippen LogP contribution in [0.25, 0.3) is 0 Å². The predicted octanol–water partition coefficient (Wildman–Crippen LogP) is 3.06. The van der Waals surface area contributed by atoms with Crippen LogP contribution in [0.15, 0.2) is 83.8 Å². The van der Waals surface area contributed by atoms with Gasteiger partial charge in [-0.3, -0.25) is 14.5 Å². The van der Waals surface area contributed by atoms with E-state index < -0.39 is 47.6 Å². The van der Waals surface area contributed by atoms with E-state index in [1.165, 1.54) is 11.8 Å². The number of carbonyl (C=O) groups is 3. The Balaban J connectivity index is 1.41. The van der Waals surface area contributed by atoms with Gasteiger partial charge in [-0.05, 0) is 43.3 Å². The van der Waals surface area contributed by atoms with E-state index >= 15 is 0 Å². The van der Waals surface area contributed by atoms with E-state index in [1.807, 2.05) is 31.2 Å². The van der Waals surface area contributed by atoms with Gasteiger partial charge in [-0.1, -0.05) is 59.8 Å². The number of nitrogens with zero attached hydrogens (tertiary/aromatic N) is 1. The van der Waals surface area contributed by atoms with Gasteiger partial charge in [0.2, 0.25) is 0 Å². The summed E-state index contributed by atoms with van der Waals surface area (Å²) in [5, 5.41) is 22.2. The third kappa shape index (κ3) is 4.91. The number of esters is 1. The fourth-order valence-electron chi connectivity index (χ4n) is 4.47. The minimum absolute atomic E-state index is 0.229. The van der Waals surface area contributed by atoms with Crippen LogP contribution in [0.4, 0.5) is 0 Å². The minimum atomic E-state index is -1.54. The van der Waals surface area contributed by atoms with Gasteiger partial charge in [0.05, 0.1) is 16.7 Å². The molecule has 3 aromatic carbocycles. The molecule has 190 valence electrons. The van der Waals surface area contributed by atoms with Crippen LogP contribution in [0.3, 0.4) is 0 Å². The minimum Gasteiger partial charge on any atom is -0.459 e. The Hall–Kier alpha value is -3.50. The van der Waals surface area contributed by atoms with Crippen molar-refractivity contribution >= 4 is 29.5 Å². The second-order valence-electron chi connectivity index (χ2n) is 8.94. The molecule has 0 aliphatic carbocycles. The Morgan fingerprint density at radius 3 is 2.11 bits per heavy atom. The number of benzene rings is 3. The first-order chi connectivity index (χ1) is 17.8. The Morgan fingerprint density at radius 1 is 0.892 bits per heavy atom. The highest BCUT2D eigenvalue weighted by Crippen LogP contribution is 2.39. The number of rotatable bonds is 6. The molecule has 0 unspecified atom stereocenters. The molecule has 1 fully saturated rings. The summed E-state index contributed by atoms with van der Waals surface area (Å²) in [7, 11) is 0. The second-order valence-corrected chi connectivity index (χ2v) is 10.1. The number of imide groups is 1. The maximum atomic E-state index is 13.2. The maximum absolute atomic E-state index is 13.2. The number of aliphatic hydroxyl groups is 2. The summed E-state index contributed by atoms with van der Waals surface area (Å²) in [6, 6.07) is 21.2. The standard InChI is InChI=1S/C28H25NO7S/c1-16-11-13-18(14-12-16)37-28-22(29-25(32)19-9-5-6-10-20(19)26(29)33)24(31)23(30)21(36-28)15-35-27(34)17-7-3-2-4-8-17/h2-14,21-24,28,30-31H,15H2,1H3/t21-,22-,23-,24-,28+/m1/s1. The van der Waals surface area contributed by atoms with Crippen molar-refractivity contribution < 1.29 is 34.1 Å². The molecule has 5 atom stereocenters. The van der Waals surface area contributed by atoms with Crippen molar-refractivity contribution in [1.29, 1.82) is 0 Å². The van der Waals surface area contributed by atoms with E-state index in [2.05, 4.69) is 0 Å². The summed E-state index contributed by atoms with van der Waals surface area (Å²) >= 11 is 1.21. The average molecular weight is 520 g/mol. The molecule has 2 heterocycles. The molecule has 2 amide bonds. The molecule has 5 rings (SSSR count). The molecule has 0 radical (unpaired) electrons. The topological polar surface area (TPSA) is 113 Å². The van der Waals surface area contributed by atoms with E-state index in [0.29, 0.717) is 5.56 Å². The lowest BCUT2D eigenvalue weighted by atomic mass is 9.96. The van der Waals surface area contributed by atoms with Crippen LogP contribution in [0, 0.1) is 6.92 Å². The fourth-order valence-corrected chi connectivity index (χ4v) is 5.65. The van der Waals surface area contributed by atoms with Crippen molar-refractivity contribution in [3.8, 4) is 0 Å². The molecule has 0 aromatic heterocycles. The normalized spacial score (nSPS) is 25.2. The molecule has 3 aromatic rings. The average Bonchev–Trinajstić information content (AvgIpc) is 3.17. The van der Waals surface area contributed by atoms with Crippen LogP contribution in [-0.2, 0) is 9.47 Å². The molecule has 2 N–H and O–H groups in total. The number of amides is 2. The highest BCUT2D eigenvalue weighted by molar-refractivity contribution is 7.99. The van der Waals surface area contributed by atoms with Gasteiger partial charge >= 0.3 is 5.97 Å². The summed E-state index contributed by atoms with van der Waals surface area (Å²) in [6.07, 6.45) is -4.15. The predicted molar refractivity (Wildman–Crippen MR) is 135 cm³/mol. The van der Waals surface area contributed by atoms with E-state index in [0.717, 1.165) is 15.4 Å². The molecule has 9 heteroatoms. The highest BCUT2D eigenvalue weighted by atomic mass is 32.2. The Labute approximate surface area is 217 Å². The number of aliphatic hydroxyl groups excluding tert-OH is 2. The van der Waals surface area contributed by atoms with Gasteiger partial charge in [0, 0.05) is 4.90 Å². The number of thioether (sulfide) groups is 1. The number of aryl methyl sites for hydroxylation is 1. The number of hydrogen-bond donors (Lipinski definition) is 2. The van der Waals surface area contributed by atoms with Crippen LogP contribution in [0.1, 0.15) is 36.6 Å². The molecule has 0 saturated carbocycles. The van der Waals surface area contributed by atoms with Crippen molar-refractivity contribution in [2.45, 2.75) is 41.6 Å². The van der Waals surface area contributed by atoms with Gasteiger partial charge in [-0.15, -0.1) is 0 Å². The molecule has 0 spiro atoms. The lowest BCUT2D eigenvalue weighted by molar-refractivity contribution is -0.181. The van der Waals surface area contributed by atoms with Crippen molar-refractivity contribution in [1.82, 2.24) is 4.90 Å². The summed E-state index contributed by atoms with van der Waals surface area (Å²) in [5.41, 5.74) is 0.901. The van der Waals surface area contributed by atoms with Crippen LogP contribution in [-0.4, -0.2) is 69.3 Å². The highest BCUT2D eigenvalue weighted by Gasteiger charge is 2.53. The van der Waals surface area contributed by atoms with E-state index in [1.54, 1.807) is 54.6 Å². The van der Waals surface area contributed by atoms with Gasteiger partial charge in [0.25, 0.3) is 11.8 Å². The number of hydrogen-bond acceptors (Lipinski definition) is 8. The molecule has 1 saturated heterocycles. The SMILES string of the molecule is Cc1ccc(S[C@@H]2O[C@H](COC(=O)c3ccccc3)[C@@H](O)[C@H](O)[C@H]2N2C(=O)c3ccccc3C2=O)cc1. The van der Waals surface area contributed by atoms with Crippen molar-refractivity contribution in [3.63, 3.8) is 0 Å². The molecule has 37 heavy (non-hydrogen) atoms. The molecule has 0 bridgehead atoms. The fraction of sp³-hybridized carbons (Fsp3) is 0.250. The van der Waals surface area contributed by atoms with Gasteiger partial charge in [0.1, 0.15) is 36.4 Å². The summed E-state index contributed by atoms with van der Waals surface area (Å²) in [4.78, 5) is 40.7. The van der Waals surface area contributed by atoms with Gasteiger partial charge in [0.15, 0.2) is 0 Å². The summed E-state index contributed by atoms with van der Waals surface area (Å²) in [6.45, 7) is 1.62. The quantitative estimate of drug-likeness (QED) is 0.378. The zero-order valence-electron chi connectivity index (χ0n) is 19.9. The Kier molecular flexibility index (Phi) is 7.12. The molecule has 2 aliphatic rings. The third-order valence-corrected chi connectivity index (χ3v) is 7.62. The smallest absolute Gasteiger partial charge is 0.338 e. The molecule has 8 nitrogen and oxygen atoms in total. The number of carbonyl (C=O) groups excluding carboxylic acids is 3. The molecular weight excluding hydrogens is 494 g/mol. The first-order valence-electron chi connectivity index (χ1n) is 11.8. The zero-order chi connectivity index (χ0) is 26.1. The maximum Gasteiger partial charge on any atom is 0.338 e. The number of ether oxygens (including phenoxy) is 2. The second kappa shape index (κ2) is 10.5. The van der Waals surface area contributed by atoms with E-state index in [9.17, 15) is 24.6 Å². The third-order valence-electron chi connectivity index (χ3n) is 6.45. The first kappa shape index (κ1) is 25.2. The lowest BCUT2D eigenvalue weighted by Gasteiger charge is -2.45. The Bertz CT molecular complexity index is 1280. The summed E-state index contributed by atoms with van der Waals surface area (Å²) in [5.74, 6) is -1.73. The van der Waals surface area contributed by atoms with Crippen molar-refractivity contribution in [2.75, 3.05) is 6.61 Å². The Morgan fingerprint density at radius 2 is 1.49 bits per heavy atom. The van der Waals surface area contributed by atoms with Gasteiger partial charge in [-0.25, -0.2) is 4.79 Å².